The fourth-order valence-electron chi connectivity index (χ4n) is 1.69. The van der Waals surface area contributed by atoms with E-state index in [1.54, 1.807) is 13.8 Å². The van der Waals surface area contributed by atoms with E-state index in [1.807, 2.05) is 30.3 Å². The van der Waals surface area contributed by atoms with E-state index in [0.29, 0.717) is 5.89 Å². The van der Waals surface area contributed by atoms with E-state index in [-0.39, 0.29) is 12.5 Å². The van der Waals surface area contributed by atoms with Gasteiger partial charge in [-0.3, -0.25) is 0 Å². The van der Waals surface area contributed by atoms with Crippen molar-refractivity contribution >= 4 is 11.9 Å². The number of esters is 2. The summed E-state index contributed by atoms with van der Waals surface area (Å²) in [6, 6.07) is 9.23. The van der Waals surface area contributed by atoms with Crippen molar-refractivity contribution < 1.29 is 23.5 Å². The molecule has 120 valence electrons. The summed E-state index contributed by atoms with van der Waals surface area (Å²) >= 11 is 0. The van der Waals surface area contributed by atoms with Gasteiger partial charge in [0.15, 0.2) is 6.10 Å². The van der Waals surface area contributed by atoms with Crippen molar-refractivity contribution in [2.45, 2.75) is 20.0 Å². The first kappa shape index (κ1) is 16.4. The molecule has 0 aliphatic rings. The second kappa shape index (κ2) is 7.88. The number of hydrogen-bond acceptors (Lipinski definition) is 7. The van der Waals surface area contributed by atoms with Crippen molar-refractivity contribution in [2.75, 3.05) is 6.61 Å². The fraction of sp³-hybridized carbons (Fsp3) is 0.250. The summed E-state index contributed by atoms with van der Waals surface area (Å²) in [5.41, 5.74) is 0.770. The minimum absolute atomic E-state index is 0.168. The molecule has 0 radical (unpaired) electrons. The summed E-state index contributed by atoms with van der Waals surface area (Å²) in [7, 11) is 0. The molecule has 0 amide bonds. The van der Waals surface area contributed by atoms with E-state index < -0.39 is 18.0 Å². The first-order valence-electron chi connectivity index (χ1n) is 7.04. The summed E-state index contributed by atoms with van der Waals surface area (Å²) < 4.78 is 15.2. The van der Waals surface area contributed by atoms with Gasteiger partial charge in [0.2, 0.25) is 5.89 Å². The van der Waals surface area contributed by atoms with Crippen LogP contribution in [0.5, 0.6) is 0 Å². The van der Waals surface area contributed by atoms with Crippen LogP contribution in [-0.4, -0.2) is 28.7 Å². The molecule has 0 spiro atoms. The van der Waals surface area contributed by atoms with Crippen LogP contribution in [0.2, 0.25) is 0 Å². The summed E-state index contributed by atoms with van der Waals surface area (Å²) in [6.45, 7) is 3.50. The predicted octanol–water partition coefficient (Wildman–Crippen LogP) is 2.46. The molecule has 0 bridgehead atoms. The highest BCUT2D eigenvalue weighted by molar-refractivity contribution is 5.91. The Balaban J connectivity index is 1.96. The molecule has 1 aromatic heterocycles. The zero-order valence-corrected chi connectivity index (χ0v) is 12.8. The Morgan fingerprint density at radius 2 is 1.87 bits per heavy atom. The molecule has 1 aromatic carbocycles. The van der Waals surface area contributed by atoms with Crippen LogP contribution in [0.3, 0.4) is 0 Å². The van der Waals surface area contributed by atoms with E-state index >= 15 is 0 Å². The lowest BCUT2D eigenvalue weighted by Gasteiger charge is -2.06. The van der Waals surface area contributed by atoms with Crippen LogP contribution >= 0.6 is 0 Å². The van der Waals surface area contributed by atoms with Gasteiger partial charge < -0.3 is 13.9 Å². The average Bonchev–Trinajstić information content (AvgIpc) is 3.04. The Bertz CT molecular complexity index is 694. The minimum atomic E-state index is -0.737. The molecule has 1 atom stereocenters. The van der Waals surface area contributed by atoms with Crippen molar-refractivity contribution in [3.63, 3.8) is 0 Å². The van der Waals surface area contributed by atoms with Crippen LogP contribution in [0.1, 0.15) is 25.8 Å². The minimum Gasteiger partial charge on any atom is -0.463 e. The number of rotatable bonds is 6. The molecule has 2 rings (SSSR count). The lowest BCUT2D eigenvalue weighted by Crippen LogP contribution is -2.08. The van der Waals surface area contributed by atoms with Crippen LogP contribution < -0.4 is 0 Å². The van der Waals surface area contributed by atoms with Gasteiger partial charge in [0.05, 0.1) is 6.61 Å². The van der Waals surface area contributed by atoms with Gasteiger partial charge in [-0.25, -0.2) is 9.59 Å². The van der Waals surface area contributed by atoms with Gasteiger partial charge in [0, 0.05) is 17.7 Å². The molecule has 23 heavy (non-hydrogen) atoms. The van der Waals surface area contributed by atoms with E-state index in [4.69, 9.17) is 9.15 Å². The Labute approximate surface area is 132 Å². The third-order valence-electron chi connectivity index (χ3n) is 2.74. The Morgan fingerprint density at radius 3 is 2.57 bits per heavy atom. The molecule has 0 aliphatic heterocycles. The standard InChI is InChI=1S/C16H16N2O5/c1-3-21-13(19)9-10-14(20)22-11(2)15-17-18-16(23-15)12-7-5-4-6-8-12/h4-11H,3H2,1-2H3. The summed E-state index contributed by atoms with van der Waals surface area (Å²) in [5.74, 6) is -0.807. The normalized spacial score (nSPS) is 12.1. The zero-order chi connectivity index (χ0) is 16.7. The maximum Gasteiger partial charge on any atom is 0.331 e. The first-order valence-corrected chi connectivity index (χ1v) is 7.04. The van der Waals surface area contributed by atoms with Crippen LogP contribution in [-0.2, 0) is 19.1 Å². The second-order valence-electron chi connectivity index (χ2n) is 4.48. The smallest absolute Gasteiger partial charge is 0.331 e. The highest BCUT2D eigenvalue weighted by atomic mass is 16.6. The molecular formula is C16H16N2O5. The quantitative estimate of drug-likeness (QED) is 0.597. The van der Waals surface area contributed by atoms with Gasteiger partial charge >= 0.3 is 11.9 Å². The Kier molecular flexibility index (Phi) is 5.62. The number of nitrogens with zero attached hydrogens (tertiary/aromatic N) is 2. The van der Waals surface area contributed by atoms with Crippen molar-refractivity contribution in [3.05, 3.63) is 48.4 Å². The van der Waals surface area contributed by atoms with E-state index in [1.165, 1.54) is 0 Å². The van der Waals surface area contributed by atoms with E-state index in [9.17, 15) is 9.59 Å². The predicted molar refractivity (Wildman–Crippen MR) is 80.0 cm³/mol. The SMILES string of the molecule is CCOC(=O)C=CC(=O)OC(C)c1nnc(-c2ccccc2)o1. The van der Waals surface area contributed by atoms with Gasteiger partial charge in [-0.1, -0.05) is 18.2 Å². The van der Waals surface area contributed by atoms with Crippen LogP contribution in [0, 0.1) is 0 Å². The highest BCUT2D eigenvalue weighted by Gasteiger charge is 2.18. The molecule has 1 unspecified atom stereocenters. The van der Waals surface area contributed by atoms with Crippen LogP contribution in [0.15, 0.2) is 46.9 Å². The summed E-state index contributed by atoms with van der Waals surface area (Å²) in [4.78, 5) is 22.7. The molecule has 7 nitrogen and oxygen atoms in total. The summed E-state index contributed by atoms with van der Waals surface area (Å²) in [5, 5.41) is 7.77. The number of aromatic nitrogens is 2. The van der Waals surface area contributed by atoms with Crippen molar-refractivity contribution in [3.8, 4) is 11.5 Å². The molecule has 7 heteroatoms. The van der Waals surface area contributed by atoms with Gasteiger partial charge in [0.1, 0.15) is 0 Å². The van der Waals surface area contributed by atoms with Crippen LogP contribution in [0.4, 0.5) is 0 Å². The highest BCUT2D eigenvalue weighted by Crippen LogP contribution is 2.22. The second-order valence-corrected chi connectivity index (χ2v) is 4.48. The van der Waals surface area contributed by atoms with Gasteiger partial charge in [-0.05, 0) is 26.0 Å². The van der Waals surface area contributed by atoms with E-state index in [0.717, 1.165) is 17.7 Å². The number of ether oxygens (including phenoxy) is 2. The number of benzene rings is 1. The third-order valence-corrected chi connectivity index (χ3v) is 2.74. The molecule has 0 aliphatic carbocycles. The molecular weight excluding hydrogens is 300 g/mol. The summed E-state index contributed by atoms with van der Waals surface area (Å²) in [6.07, 6.45) is 1.25. The maximum atomic E-state index is 11.6. The number of hydrogen-bond donors (Lipinski definition) is 0. The Morgan fingerprint density at radius 1 is 1.17 bits per heavy atom. The third kappa shape index (κ3) is 4.77. The Hall–Kier alpha value is -2.96. The molecule has 2 aromatic rings. The first-order chi connectivity index (χ1) is 11.1. The molecule has 0 fully saturated rings. The average molecular weight is 316 g/mol. The number of carbonyl (C=O) groups excluding carboxylic acids is 2. The maximum absolute atomic E-state index is 11.6. The van der Waals surface area contributed by atoms with Gasteiger partial charge in [-0.2, -0.15) is 0 Å². The van der Waals surface area contributed by atoms with Gasteiger partial charge in [0.25, 0.3) is 5.89 Å². The fourth-order valence-corrected chi connectivity index (χ4v) is 1.69. The van der Waals surface area contributed by atoms with Crippen molar-refractivity contribution in [2.24, 2.45) is 0 Å². The lowest BCUT2D eigenvalue weighted by molar-refractivity contribution is -0.144. The molecule has 0 saturated heterocycles. The topological polar surface area (TPSA) is 91.5 Å². The van der Waals surface area contributed by atoms with Crippen molar-refractivity contribution in [1.29, 1.82) is 0 Å². The largest absolute Gasteiger partial charge is 0.463 e. The van der Waals surface area contributed by atoms with Gasteiger partial charge in [-0.15, -0.1) is 10.2 Å². The van der Waals surface area contributed by atoms with Crippen molar-refractivity contribution in [1.82, 2.24) is 10.2 Å². The molecule has 1 heterocycles. The van der Waals surface area contributed by atoms with E-state index in [2.05, 4.69) is 14.9 Å². The monoisotopic (exact) mass is 316 g/mol. The zero-order valence-electron chi connectivity index (χ0n) is 12.8. The van der Waals surface area contributed by atoms with Crippen LogP contribution in [0.25, 0.3) is 11.5 Å². The molecule has 0 N–H and O–H groups in total. The molecule has 0 saturated carbocycles. The number of carbonyl (C=O) groups is 2. The lowest BCUT2D eigenvalue weighted by atomic mass is 10.2.